The molecule has 1 heterocycles. The summed E-state index contributed by atoms with van der Waals surface area (Å²) < 4.78 is 5.28. The SMILES string of the molecule is COC[C@@H]1Cc2ccccc2N1/N=C/C(C)C. The molecule has 3 nitrogen and oxygen atoms in total. The van der Waals surface area contributed by atoms with Gasteiger partial charge in [0, 0.05) is 13.3 Å². The van der Waals surface area contributed by atoms with Crippen molar-refractivity contribution in [2.24, 2.45) is 11.0 Å². The monoisotopic (exact) mass is 232 g/mol. The van der Waals surface area contributed by atoms with Gasteiger partial charge in [-0.2, -0.15) is 5.10 Å². The molecular formula is C14H20N2O. The van der Waals surface area contributed by atoms with E-state index in [4.69, 9.17) is 4.74 Å². The smallest absolute Gasteiger partial charge is 0.0800 e. The van der Waals surface area contributed by atoms with E-state index >= 15 is 0 Å². The van der Waals surface area contributed by atoms with Crippen LogP contribution in [0.15, 0.2) is 29.4 Å². The number of fused-ring (bicyclic) bond motifs is 1. The Labute approximate surface area is 103 Å². The van der Waals surface area contributed by atoms with E-state index in [0.29, 0.717) is 18.6 Å². The number of para-hydroxylation sites is 1. The van der Waals surface area contributed by atoms with Crippen molar-refractivity contribution in [2.45, 2.75) is 26.3 Å². The van der Waals surface area contributed by atoms with Crippen molar-refractivity contribution in [1.29, 1.82) is 0 Å². The zero-order valence-electron chi connectivity index (χ0n) is 10.8. The predicted octanol–water partition coefficient (Wildman–Crippen LogP) is 2.71. The number of ether oxygens (including phenoxy) is 1. The minimum absolute atomic E-state index is 0.326. The fourth-order valence-electron chi connectivity index (χ4n) is 2.13. The van der Waals surface area contributed by atoms with Gasteiger partial charge in [0.2, 0.25) is 0 Å². The largest absolute Gasteiger partial charge is 0.382 e. The summed E-state index contributed by atoms with van der Waals surface area (Å²) >= 11 is 0. The van der Waals surface area contributed by atoms with Crippen LogP contribution in [0, 0.1) is 5.92 Å². The number of hydrogen-bond donors (Lipinski definition) is 0. The van der Waals surface area contributed by atoms with Crippen LogP contribution < -0.4 is 5.01 Å². The van der Waals surface area contributed by atoms with Gasteiger partial charge < -0.3 is 4.74 Å². The first-order valence-corrected chi connectivity index (χ1v) is 6.12. The molecule has 1 aliphatic heterocycles. The van der Waals surface area contributed by atoms with Crippen molar-refractivity contribution in [3.8, 4) is 0 Å². The second-order valence-corrected chi connectivity index (χ2v) is 4.80. The van der Waals surface area contributed by atoms with E-state index in [-0.39, 0.29) is 0 Å². The molecule has 0 bridgehead atoms. The van der Waals surface area contributed by atoms with E-state index < -0.39 is 0 Å². The molecule has 0 radical (unpaired) electrons. The van der Waals surface area contributed by atoms with E-state index in [2.05, 4.69) is 48.2 Å². The van der Waals surface area contributed by atoms with Gasteiger partial charge in [0.15, 0.2) is 0 Å². The number of rotatable bonds is 4. The first-order chi connectivity index (χ1) is 8.22. The maximum absolute atomic E-state index is 5.28. The molecule has 0 spiro atoms. The number of anilines is 1. The summed E-state index contributed by atoms with van der Waals surface area (Å²) in [5.74, 6) is 0.464. The van der Waals surface area contributed by atoms with Crippen molar-refractivity contribution in [3.05, 3.63) is 29.8 Å². The molecule has 1 aromatic carbocycles. The minimum atomic E-state index is 0.326. The van der Waals surface area contributed by atoms with Gasteiger partial charge >= 0.3 is 0 Å². The van der Waals surface area contributed by atoms with E-state index in [1.807, 2.05) is 6.21 Å². The maximum atomic E-state index is 5.28. The Hall–Kier alpha value is -1.35. The fourth-order valence-corrected chi connectivity index (χ4v) is 2.13. The van der Waals surface area contributed by atoms with E-state index in [1.54, 1.807) is 7.11 Å². The van der Waals surface area contributed by atoms with Crippen molar-refractivity contribution in [2.75, 3.05) is 18.7 Å². The second kappa shape index (κ2) is 5.32. The lowest BCUT2D eigenvalue weighted by molar-refractivity contribution is 0.179. The van der Waals surface area contributed by atoms with Crippen molar-refractivity contribution >= 4 is 11.9 Å². The molecule has 2 rings (SSSR count). The summed E-state index contributed by atoms with van der Waals surface area (Å²) in [6.07, 6.45) is 3.00. The highest BCUT2D eigenvalue weighted by Crippen LogP contribution is 2.32. The Morgan fingerprint density at radius 2 is 2.24 bits per heavy atom. The van der Waals surface area contributed by atoms with Crippen LogP contribution in [0.25, 0.3) is 0 Å². The molecule has 0 amide bonds. The topological polar surface area (TPSA) is 24.8 Å². The number of hydrogen-bond acceptors (Lipinski definition) is 3. The fraction of sp³-hybridized carbons (Fsp3) is 0.500. The average Bonchev–Trinajstić information content (AvgIpc) is 2.64. The number of benzene rings is 1. The third-order valence-electron chi connectivity index (χ3n) is 2.89. The Morgan fingerprint density at radius 3 is 2.94 bits per heavy atom. The first kappa shape index (κ1) is 12.1. The molecule has 1 atom stereocenters. The van der Waals surface area contributed by atoms with Crippen LogP contribution in [0.4, 0.5) is 5.69 Å². The Kier molecular flexibility index (Phi) is 3.79. The van der Waals surface area contributed by atoms with Gasteiger partial charge in [0.1, 0.15) is 0 Å². The third kappa shape index (κ3) is 2.67. The van der Waals surface area contributed by atoms with Crippen LogP contribution in [0.5, 0.6) is 0 Å². The Bertz CT molecular complexity index is 401. The molecule has 17 heavy (non-hydrogen) atoms. The molecule has 0 aliphatic carbocycles. The van der Waals surface area contributed by atoms with Crippen molar-refractivity contribution in [1.82, 2.24) is 0 Å². The normalized spacial score (nSPS) is 19.3. The molecule has 0 N–H and O–H groups in total. The molecule has 1 aliphatic rings. The minimum Gasteiger partial charge on any atom is -0.382 e. The molecule has 1 aromatic rings. The highest BCUT2D eigenvalue weighted by molar-refractivity contribution is 5.65. The lowest BCUT2D eigenvalue weighted by atomic mass is 10.1. The summed E-state index contributed by atoms with van der Waals surface area (Å²) in [5, 5.41) is 6.69. The predicted molar refractivity (Wildman–Crippen MR) is 71.6 cm³/mol. The van der Waals surface area contributed by atoms with E-state index in [1.165, 1.54) is 11.3 Å². The standard InChI is InChI=1S/C14H20N2O/c1-11(2)9-15-16-13(10-17-3)8-12-6-4-5-7-14(12)16/h4-7,9,11,13H,8,10H2,1-3H3/b15-9+/t13-/m0/s1. The second-order valence-electron chi connectivity index (χ2n) is 4.80. The summed E-state index contributed by atoms with van der Waals surface area (Å²) in [4.78, 5) is 0. The van der Waals surface area contributed by atoms with Crippen LogP contribution >= 0.6 is 0 Å². The Morgan fingerprint density at radius 1 is 1.47 bits per heavy atom. The lowest BCUT2D eigenvalue weighted by Crippen LogP contribution is -2.31. The van der Waals surface area contributed by atoms with Gasteiger partial charge in [-0.05, 0) is 24.0 Å². The van der Waals surface area contributed by atoms with Gasteiger partial charge in [0.25, 0.3) is 0 Å². The highest BCUT2D eigenvalue weighted by Gasteiger charge is 2.28. The molecule has 0 saturated heterocycles. The molecule has 0 unspecified atom stereocenters. The van der Waals surface area contributed by atoms with E-state index in [9.17, 15) is 0 Å². The number of methoxy groups -OCH3 is 1. The van der Waals surface area contributed by atoms with E-state index in [0.717, 1.165) is 6.42 Å². The molecule has 0 aromatic heterocycles. The number of hydrazone groups is 1. The third-order valence-corrected chi connectivity index (χ3v) is 2.89. The summed E-state index contributed by atoms with van der Waals surface area (Å²) in [5.41, 5.74) is 2.57. The summed E-state index contributed by atoms with van der Waals surface area (Å²) in [6, 6.07) is 8.77. The van der Waals surface area contributed by atoms with Crippen LogP contribution in [0.1, 0.15) is 19.4 Å². The first-order valence-electron chi connectivity index (χ1n) is 6.12. The van der Waals surface area contributed by atoms with Crippen LogP contribution in [-0.2, 0) is 11.2 Å². The molecular weight excluding hydrogens is 212 g/mol. The van der Waals surface area contributed by atoms with Crippen molar-refractivity contribution in [3.63, 3.8) is 0 Å². The van der Waals surface area contributed by atoms with Gasteiger partial charge in [-0.1, -0.05) is 32.0 Å². The summed E-state index contributed by atoms with van der Waals surface area (Å²) in [6.45, 7) is 4.98. The molecule has 0 fully saturated rings. The van der Waals surface area contributed by atoms with Gasteiger partial charge in [0.05, 0.1) is 18.3 Å². The zero-order valence-corrected chi connectivity index (χ0v) is 10.8. The summed E-state index contributed by atoms with van der Waals surface area (Å²) in [7, 11) is 1.74. The highest BCUT2D eigenvalue weighted by atomic mass is 16.5. The molecule has 92 valence electrons. The maximum Gasteiger partial charge on any atom is 0.0800 e. The van der Waals surface area contributed by atoms with Crippen LogP contribution in [-0.4, -0.2) is 26.0 Å². The molecule has 0 saturated carbocycles. The lowest BCUT2D eigenvalue weighted by Gasteiger charge is -2.21. The van der Waals surface area contributed by atoms with Gasteiger partial charge in [-0.3, -0.25) is 5.01 Å². The van der Waals surface area contributed by atoms with Gasteiger partial charge in [-0.25, -0.2) is 0 Å². The quantitative estimate of drug-likeness (QED) is 0.746. The Balaban J connectivity index is 2.24. The van der Waals surface area contributed by atoms with Crippen molar-refractivity contribution < 1.29 is 4.74 Å². The van der Waals surface area contributed by atoms with Crippen LogP contribution in [0.3, 0.4) is 0 Å². The zero-order chi connectivity index (χ0) is 12.3. The average molecular weight is 232 g/mol. The number of nitrogens with zero attached hydrogens (tertiary/aromatic N) is 2. The van der Waals surface area contributed by atoms with Crippen LogP contribution in [0.2, 0.25) is 0 Å². The van der Waals surface area contributed by atoms with Gasteiger partial charge in [-0.15, -0.1) is 0 Å². The molecule has 3 heteroatoms.